The maximum atomic E-state index is 13.6. The summed E-state index contributed by atoms with van der Waals surface area (Å²) in [6.45, 7) is 2.17. The summed E-state index contributed by atoms with van der Waals surface area (Å²) >= 11 is 0. The largest absolute Gasteiger partial charge is 0.482 e. The predicted octanol–water partition coefficient (Wildman–Crippen LogP) is 1.65. The first-order chi connectivity index (χ1) is 10.0. The molecule has 0 saturated heterocycles. The summed E-state index contributed by atoms with van der Waals surface area (Å²) in [5.41, 5.74) is -0.492. The molecule has 0 heterocycles. The van der Waals surface area contributed by atoms with E-state index in [1.165, 1.54) is 13.2 Å². The van der Waals surface area contributed by atoms with Gasteiger partial charge in [0.1, 0.15) is 12.6 Å². The van der Waals surface area contributed by atoms with Gasteiger partial charge in [-0.15, -0.1) is 0 Å². The maximum Gasteiger partial charge on any atom is 0.326 e. The summed E-state index contributed by atoms with van der Waals surface area (Å²) < 4.78 is 23.4. The first-order valence-electron chi connectivity index (χ1n) is 6.38. The molecule has 1 unspecified atom stereocenters. The van der Waals surface area contributed by atoms with Gasteiger partial charge in [-0.3, -0.25) is 14.9 Å². The third kappa shape index (κ3) is 4.67. The van der Waals surface area contributed by atoms with Gasteiger partial charge in [-0.1, -0.05) is 13.0 Å². The summed E-state index contributed by atoms with van der Waals surface area (Å²) in [5, 5.41) is 13.7. The van der Waals surface area contributed by atoms with Crippen LogP contribution in [0.2, 0.25) is 0 Å². The van der Waals surface area contributed by atoms with Crippen molar-refractivity contribution in [2.24, 2.45) is 0 Å². The number of esters is 1. The fourth-order valence-corrected chi connectivity index (χ4v) is 1.62. The van der Waals surface area contributed by atoms with Gasteiger partial charge in [0.05, 0.1) is 12.0 Å². The minimum absolute atomic E-state index is 0.269. The highest BCUT2D eigenvalue weighted by atomic mass is 19.1. The van der Waals surface area contributed by atoms with Crippen LogP contribution in [0, 0.1) is 15.9 Å². The van der Waals surface area contributed by atoms with Crippen molar-refractivity contribution in [1.82, 2.24) is 5.32 Å². The van der Waals surface area contributed by atoms with Gasteiger partial charge < -0.3 is 14.8 Å². The number of para-hydroxylation sites is 1. The van der Waals surface area contributed by atoms with E-state index < -0.39 is 34.2 Å². The lowest BCUT2D eigenvalue weighted by molar-refractivity contribution is -0.386. The molecule has 0 bridgehead atoms. The van der Waals surface area contributed by atoms with Crippen LogP contribution in [0.5, 0.6) is 5.75 Å². The highest BCUT2D eigenvalue weighted by Gasteiger charge is 2.24. The van der Waals surface area contributed by atoms with E-state index in [0.717, 1.165) is 18.6 Å². The fraction of sp³-hybridized carbons (Fsp3) is 0.462. The Morgan fingerprint density at radius 3 is 2.81 bits per heavy atom. The smallest absolute Gasteiger partial charge is 0.326 e. The molecule has 116 valence electrons. The summed E-state index contributed by atoms with van der Waals surface area (Å²) in [5.74, 6) is -1.93. The van der Waals surface area contributed by atoms with Gasteiger partial charge in [-0.25, -0.2) is 4.39 Å². The molecule has 21 heavy (non-hydrogen) atoms. The minimum atomic E-state index is -0.858. The van der Waals surface area contributed by atoms with Gasteiger partial charge in [0.15, 0.2) is 5.82 Å². The highest BCUT2D eigenvalue weighted by Crippen LogP contribution is 2.29. The van der Waals surface area contributed by atoms with Crippen LogP contribution in [-0.4, -0.2) is 37.2 Å². The van der Waals surface area contributed by atoms with Gasteiger partial charge in [0.2, 0.25) is 5.75 Å². The average molecular weight is 300 g/mol. The zero-order chi connectivity index (χ0) is 15.8. The van der Waals surface area contributed by atoms with Crippen molar-refractivity contribution >= 4 is 11.7 Å². The number of methoxy groups -OCH3 is 1. The fourth-order valence-electron chi connectivity index (χ4n) is 1.62. The number of hydrogen-bond acceptors (Lipinski definition) is 6. The minimum Gasteiger partial charge on any atom is -0.482 e. The molecule has 0 aromatic heterocycles. The molecule has 1 N–H and O–H groups in total. The molecule has 0 aliphatic heterocycles. The Kier molecular flexibility index (Phi) is 6.54. The second kappa shape index (κ2) is 8.15. The van der Waals surface area contributed by atoms with Crippen LogP contribution in [0.15, 0.2) is 18.2 Å². The van der Waals surface area contributed by atoms with E-state index in [1.54, 1.807) is 0 Å². The van der Waals surface area contributed by atoms with Crippen LogP contribution in [0.3, 0.4) is 0 Å². The molecule has 7 nitrogen and oxygen atoms in total. The molecule has 0 saturated carbocycles. The monoisotopic (exact) mass is 300 g/mol. The molecule has 0 amide bonds. The second-order valence-corrected chi connectivity index (χ2v) is 4.19. The Hall–Kier alpha value is -2.22. The number of hydrogen-bond donors (Lipinski definition) is 1. The van der Waals surface area contributed by atoms with E-state index in [0.29, 0.717) is 6.54 Å². The molecular formula is C13H17FN2O5. The Morgan fingerprint density at radius 1 is 1.52 bits per heavy atom. The number of nitrogens with one attached hydrogen (secondary N) is 1. The number of nitro benzene ring substituents is 1. The van der Waals surface area contributed by atoms with Crippen LogP contribution in [0.25, 0.3) is 0 Å². The number of ether oxygens (including phenoxy) is 2. The molecule has 0 fully saturated rings. The van der Waals surface area contributed by atoms with Crippen molar-refractivity contribution in [3.8, 4) is 5.75 Å². The SMILES string of the molecule is CCCNC(COc1c(F)cccc1[N+](=O)[O-])C(=O)OC. The van der Waals surface area contributed by atoms with Gasteiger partial charge in [-0.05, 0) is 19.0 Å². The van der Waals surface area contributed by atoms with Crippen LogP contribution in [0.4, 0.5) is 10.1 Å². The lowest BCUT2D eigenvalue weighted by Gasteiger charge is -2.17. The number of rotatable bonds is 8. The van der Waals surface area contributed by atoms with Crippen LogP contribution in [-0.2, 0) is 9.53 Å². The molecule has 1 rings (SSSR count). The predicted molar refractivity (Wildman–Crippen MR) is 72.6 cm³/mol. The topological polar surface area (TPSA) is 90.7 Å². The van der Waals surface area contributed by atoms with Crippen molar-refractivity contribution < 1.29 is 23.6 Å². The highest BCUT2D eigenvalue weighted by molar-refractivity contribution is 5.75. The number of halogens is 1. The van der Waals surface area contributed by atoms with Gasteiger partial charge in [0.25, 0.3) is 0 Å². The van der Waals surface area contributed by atoms with E-state index >= 15 is 0 Å². The third-order valence-corrected chi connectivity index (χ3v) is 2.66. The van der Waals surface area contributed by atoms with E-state index in [4.69, 9.17) is 4.74 Å². The maximum absolute atomic E-state index is 13.6. The molecule has 0 radical (unpaired) electrons. The summed E-state index contributed by atoms with van der Waals surface area (Å²) in [6.07, 6.45) is 0.771. The molecule has 1 atom stereocenters. The first-order valence-corrected chi connectivity index (χ1v) is 6.38. The normalized spacial score (nSPS) is 11.8. The number of benzene rings is 1. The van der Waals surface area contributed by atoms with Crippen LogP contribution < -0.4 is 10.1 Å². The molecule has 0 aliphatic rings. The molecule has 0 spiro atoms. The van der Waals surface area contributed by atoms with Crippen molar-refractivity contribution in [1.29, 1.82) is 0 Å². The molecular weight excluding hydrogens is 283 g/mol. The van der Waals surface area contributed by atoms with E-state index in [1.807, 2.05) is 6.92 Å². The zero-order valence-electron chi connectivity index (χ0n) is 11.8. The van der Waals surface area contributed by atoms with Crippen molar-refractivity contribution in [2.75, 3.05) is 20.3 Å². The first kappa shape index (κ1) is 16.8. The van der Waals surface area contributed by atoms with Gasteiger partial charge in [0, 0.05) is 6.07 Å². The lowest BCUT2D eigenvalue weighted by Crippen LogP contribution is -2.42. The molecule has 1 aromatic rings. The lowest BCUT2D eigenvalue weighted by atomic mass is 10.2. The van der Waals surface area contributed by atoms with Crippen molar-refractivity contribution in [2.45, 2.75) is 19.4 Å². The zero-order valence-corrected chi connectivity index (χ0v) is 11.8. The Labute approximate surface area is 121 Å². The molecule has 8 heteroatoms. The van der Waals surface area contributed by atoms with Crippen molar-refractivity contribution in [3.63, 3.8) is 0 Å². The van der Waals surface area contributed by atoms with Crippen molar-refractivity contribution in [3.05, 3.63) is 34.1 Å². The Morgan fingerprint density at radius 2 is 2.24 bits per heavy atom. The summed E-state index contributed by atoms with van der Waals surface area (Å²) in [7, 11) is 1.22. The molecule has 1 aromatic carbocycles. The van der Waals surface area contributed by atoms with E-state index in [2.05, 4.69) is 10.1 Å². The number of carbonyl (C=O) groups is 1. The third-order valence-electron chi connectivity index (χ3n) is 2.66. The van der Waals surface area contributed by atoms with E-state index in [-0.39, 0.29) is 6.61 Å². The number of carbonyl (C=O) groups excluding carboxylic acids is 1. The Balaban J connectivity index is 2.84. The van der Waals surface area contributed by atoms with E-state index in [9.17, 15) is 19.3 Å². The van der Waals surface area contributed by atoms with Gasteiger partial charge in [-0.2, -0.15) is 0 Å². The summed E-state index contributed by atoms with van der Waals surface area (Å²) in [4.78, 5) is 21.6. The summed E-state index contributed by atoms with van der Waals surface area (Å²) in [6, 6.07) is 2.57. The standard InChI is InChI=1S/C13H17FN2O5/c1-3-7-15-10(13(17)20-2)8-21-12-9(14)5-4-6-11(12)16(18)19/h4-6,10,15H,3,7-8H2,1-2H3. The quantitative estimate of drug-likeness (QED) is 0.446. The number of nitrogens with zero attached hydrogens (tertiary/aromatic N) is 1. The average Bonchev–Trinajstić information content (AvgIpc) is 2.47. The van der Waals surface area contributed by atoms with Crippen LogP contribution >= 0.6 is 0 Å². The molecule has 0 aliphatic carbocycles. The Bertz CT molecular complexity index is 509. The van der Waals surface area contributed by atoms with Crippen LogP contribution in [0.1, 0.15) is 13.3 Å². The number of nitro groups is 1. The van der Waals surface area contributed by atoms with Gasteiger partial charge >= 0.3 is 11.7 Å². The second-order valence-electron chi connectivity index (χ2n) is 4.19.